The number of fused-ring (bicyclic) bond motifs is 1. The molecule has 1 saturated heterocycles. The number of aliphatic hydroxyl groups is 1. The van der Waals surface area contributed by atoms with E-state index in [1.165, 1.54) is 16.2 Å². The van der Waals surface area contributed by atoms with Crippen molar-refractivity contribution in [1.29, 1.82) is 0 Å². The number of nitrogens with zero attached hydrogens (tertiary/aromatic N) is 2. The largest absolute Gasteiger partial charge is 0.507 e. The summed E-state index contributed by atoms with van der Waals surface area (Å²) in [4.78, 5) is 32.9. The molecule has 38 heavy (non-hydrogen) atoms. The summed E-state index contributed by atoms with van der Waals surface area (Å²) in [5, 5.41) is 12.2. The second kappa shape index (κ2) is 10.8. The van der Waals surface area contributed by atoms with Gasteiger partial charge in [0.2, 0.25) is 0 Å². The van der Waals surface area contributed by atoms with Crippen molar-refractivity contribution in [3.8, 4) is 11.5 Å². The summed E-state index contributed by atoms with van der Waals surface area (Å²) in [5.74, 6) is -0.655. The molecule has 0 aliphatic carbocycles. The van der Waals surface area contributed by atoms with Crippen molar-refractivity contribution in [2.24, 2.45) is 0 Å². The van der Waals surface area contributed by atoms with Crippen LogP contribution in [0.4, 0.5) is 5.13 Å². The van der Waals surface area contributed by atoms with Crippen LogP contribution in [-0.2, 0) is 9.59 Å². The van der Waals surface area contributed by atoms with Crippen LogP contribution in [0.25, 0.3) is 16.0 Å². The molecule has 0 saturated carbocycles. The number of hydrogen-bond donors (Lipinski definition) is 1. The van der Waals surface area contributed by atoms with E-state index in [4.69, 9.17) is 21.1 Å². The molecule has 5 rings (SSSR count). The summed E-state index contributed by atoms with van der Waals surface area (Å²) >= 11 is 7.56. The van der Waals surface area contributed by atoms with Gasteiger partial charge in [0.25, 0.3) is 5.78 Å². The molecule has 1 N–H and O–H groups in total. The predicted octanol–water partition coefficient (Wildman–Crippen LogP) is 6.76. The lowest BCUT2D eigenvalue weighted by atomic mass is 9.95. The van der Waals surface area contributed by atoms with Gasteiger partial charge in [0.1, 0.15) is 17.3 Å². The average molecular weight is 549 g/mol. The lowest BCUT2D eigenvalue weighted by molar-refractivity contribution is -0.132. The Hall–Kier alpha value is -3.88. The number of thiazole rings is 1. The number of benzene rings is 3. The molecule has 3 aromatic carbocycles. The maximum Gasteiger partial charge on any atom is 0.301 e. The number of aromatic nitrogens is 1. The monoisotopic (exact) mass is 548 g/mol. The third kappa shape index (κ3) is 4.85. The van der Waals surface area contributed by atoms with E-state index in [9.17, 15) is 14.7 Å². The third-order valence-electron chi connectivity index (χ3n) is 6.27. The molecule has 1 aliphatic rings. The molecule has 1 aromatic heterocycles. The standard InChI is InChI=1S/C29H25ClN2O5S/c1-3-4-13-37-21-10-6-8-18(15-21)26(33)24-25(17-7-5-9-19(30)14-17)32(28(35)27(24)34)29-31-22-12-11-20(36-2)16-23(22)38-29/h5-12,14-16,25,33H,3-4,13H2,1-2H3. The lowest BCUT2D eigenvalue weighted by Crippen LogP contribution is -2.29. The summed E-state index contributed by atoms with van der Waals surface area (Å²) in [7, 11) is 1.57. The van der Waals surface area contributed by atoms with E-state index in [0.717, 1.165) is 17.5 Å². The molecule has 7 nitrogen and oxygen atoms in total. The molecule has 1 amide bonds. The van der Waals surface area contributed by atoms with E-state index in [0.29, 0.717) is 44.9 Å². The number of rotatable bonds is 8. The van der Waals surface area contributed by atoms with Gasteiger partial charge in [0, 0.05) is 10.6 Å². The maximum atomic E-state index is 13.5. The first-order valence-electron chi connectivity index (χ1n) is 12.2. The van der Waals surface area contributed by atoms with Gasteiger partial charge in [-0.2, -0.15) is 0 Å². The Morgan fingerprint density at radius 2 is 1.89 bits per heavy atom. The Morgan fingerprint density at radius 3 is 2.66 bits per heavy atom. The average Bonchev–Trinajstić information content (AvgIpc) is 3.46. The van der Waals surface area contributed by atoms with Crippen LogP contribution in [0, 0.1) is 0 Å². The fourth-order valence-electron chi connectivity index (χ4n) is 4.37. The quantitative estimate of drug-likeness (QED) is 0.113. The summed E-state index contributed by atoms with van der Waals surface area (Å²) in [6, 6.07) is 18.2. The van der Waals surface area contributed by atoms with Crippen molar-refractivity contribution in [2.75, 3.05) is 18.6 Å². The number of anilines is 1. The topological polar surface area (TPSA) is 89.0 Å². The number of carbonyl (C=O) groups is 2. The summed E-state index contributed by atoms with van der Waals surface area (Å²) in [6.07, 6.45) is 1.88. The SMILES string of the molecule is CCCCOc1cccc(C(O)=C2C(=O)C(=O)N(c3nc4ccc(OC)cc4s3)C2c2cccc(Cl)c2)c1. The highest BCUT2D eigenvalue weighted by molar-refractivity contribution is 7.22. The van der Waals surface area contributed by atoms with Crippen molar-refractivity contribution in [2.45, 2.75) is 25.8 Å². The van der Waals surface area contributed by atoms with Gasteiger partial charge in [-0.05, 0) is 54.4 Å². The molecule has 0 spiro atoms. The molecule has 0 bridgehead atoms. The second-order valence-corrected chi connectivity index (χ2v) is 10.2. The van der Waals surface area contributed by atoms with Crippen molar-refractivity contribution in [3.63, 3.8) is 0 Å². The molecule has 1 unspecified atom stereocenters. The predicted molar refractivity (Wildman–Crippen MR) is 149 cm³/mol. The first-order chi connectivity index (χ1) is 18.4. The molecule has 1 aliphatic heterocycles. The zero-order valence-corrected chi connectivity index (χ0v) is 22.4. The van der Waals surface area contributed by atoms with Crippen LogP contribution >= 0.6 is 22.9 Å². The van der Waals surface area contributed by atoms with Crippen LogP contribution in [0.1, 0.15) is 36.9 Å². The molecule has 0 radical (unpaired) electrons. The molecular weight excluding hydrogens is 524 g/mol. The first-order valence-corrected chi connectivity index (χ1v) is 13.3. The van der Waals surface area contributed by atoms with Crippen molar-refractivity contribution in [1.82, 2.24) is 4.98 Å². The number of unbranched alkanes of at least 4 members (excludes halogenated alkanes) is 1. The number of ketones is 1. The van der Waals surface area contributed by atoms with E-state index >= 15 is 0 Å². The Kier molecular flexibility index (Phi) is 7.35. The van der Waals surface area contributed by atoms with Gasteiger partial charge < -0.3 is 14.6 Å². The minimum atomic E-state index is -0.930. The number of carbonyl (C=O) groups excluding carboxylic acids is 2. The maximum absolute atomic E-state index is 13.5. The lowest BCUT2D eigenvalue weighted by Gasteiger charge is -2.23. The van der Waals surface area contributed by atoms with E-state index in [2.05, 4.69) is 11.9 Å². The molecule has 9 heteroatoms. The van der Waals surface area contributed by atoms with Gasteiger partial charge in [0.05, 0.1) is 35.5 Å². The summed E-state index contributed by atoms with van der Waals surface area (Å²) in [5.41, 5.74) is 1.57. The van der Waals surface area contributed by atoms with Gasteiger partial charge in [-0.15, -0.1) is 0 Å². The van der Waals surface area contributed by atoms with E-state index in [1.54, 1.807) is 67.8 Å². The number of aliphatic hydroxyl groups excluding tert-OH is 1. The number of Topliss-reactive ketones (excluding diaryl/α,β-unsaturated/α-hetero) is 1. The zero-order valence-electron chi connectivity index (χ0n) is 20.8. The molecule has 194 valence electrons. The Morgan fingerprint density at radius 1 is 1.08 bits per heavy atom. The first kappa shape index (κ1) is 25.8. The Balaban J connectivity index is 1.65. The molecule has 4 aromatic rings. The smallest absolute Gasteiger partial charge is 0.301 e. The van der Waals surface area contributed by atoms with Crippen LogP contribution in [0.2, 0.25) is 5.02 Å². The highest BCUT2D eigenvalue weighted by atomic mass is 35.5. The van der Waals surface area contributed by atoms with Gasteiger partial charge in [-0.3, -0.25) is 14.5 Å². The fourth-order valence-corrected chi connectivity index (χ4v) is 5.59. The number of methoxy groups -OCH3 is 1. The fraction of sp³-hybridized carbons (Fsp3) is 0.207. The second-order valence-electron chi connectivity index (χ2n) is 8.78. The van der Waals surface area contributed by atoms with Crippen LogP contribution in [0.15, 0.2) is 72.3 Å². The van der Waals surface area contributed by atoms with E-state index in [1.807, 2.05) is 6.07 Å². The number of hydrogen-bond acceptors (Lipinski definition) is 7. The van der Waals surface area contributed by atoms with Crippen molar-refractivity contribution in [3.05, 3.63) is 88.5 Å². The number of ether oxygens (including phenoxy) is 2. The van der Waals surface area contributed by atoms with Crippen molar-refractivity contribution >= 4 is 55.7 Å². The Bertz CT molecular complexity index is 1560. The molecule has 2 heterocycles. The molecule has 1 fully saturated rings. The highest BCUT2D eigenvalue weighted by Crippen LogP contribution is 2.45. The third-order valence-corrected chi connectivity index (χ3v) is 7.53. The minimum absolute atomic E-state index is 0.0418. The van der Waals surface area contributed by atoms with Crippen LogP contribution in [0.5, 0.6) is 11.5 Å². The molecular formula is C29H25ClN2O5S. The van der Waals surface area contributed by atoms with Crippen LogP contribution in [-0.4, -0.2) is 35.5 Å². The van der Waals surface area contributed by atoms with Gasteiger partial charge >= 0.3 is 5.91 Å². The van der Waals surface area contributed by atoms with Crippen LogP contribution in [0.3, 0.4) is 0 Å². The van der Waals surface area contributed by atoms with E-state index < -0.39 is 17.7 Å². The van der Waals surface area contributed by atoms with Crippen LogP contribution < -0.4 is 14.4 Å². The minimum Gasteiger partial charge on any atom is -0.507 e. The molecule has 1 atom stereocenters. The highest BCUT2D eigenvalue weighted by Gasteiger charge is 2.48. The normalized spacial score (nSPS) is 16.8. The summed E-state index contributed by atoms with van der Waals surface area (Å²) in [6.45, 7) is 2.61. The number of halogens is 1. The Labute approximate surface area is 228 Å². The number of amides is 1. The summed E-state index contributed by atoms with van der Waals surface area (Å²) < 4.78 is 11.9. The van der Waals surface area contributed by atoms with E-state index in [-0.39, 0.29) is 11.3 Å². The zero-order chi connectivity index (χ0) is 26.8. The van der Waals surface area contributed by atoms with Gasteiger partial charge in [-0.1, -0.05) is 60.5 Å². The van der Waals surface area contributed by atoms with Gasteiger partial charge in [0.15, 0.2) is 5.13 Å². The van der Waals surface area contributed by atoms with Gasteiger partial charge in [-0.25, -0.2) is 4.98 Å². The van der Waals surface area contributed by atoms with Crippen molar-refractivity contribution < 1.29 is 24.2 Å².